The van der Waals surface area contributed by atoms with Gasteiger partial charge in [-0.25, -0.2) is 0 Å². The van der Waals surface area contributed by atoms with Crippen molar-refractivity contribution in [1.29, 1.82) is 0 Å². The molecule has 0 bridgehead atoms. The molecule has 1 aromatic rings. The second-order valence-corrected chi connectivity index (χ2v) is 6.43. The van der Waals surface area contributed by atoms with Gasteiger partial charge in [0.1, 0.15) is 13.2 Å². The topological polar surface area (TPSA) is 50.7 Å². The van der Waals surface area contributed by atoms with Gasteiger partial charge in [-0.2, -0.15) is 0 Å². The summed E-state index contributed by atoms with van der Waals surface area (Å²) < 4.78 is 11.4. The molecular formula is C17H25NO3. The van der Waals surface area contributed by atoms with Crippen LogP contribution in [0, 0.1) is 5.92 Å². The van der Waals surface area contributed by atoms with Gasteiger partial charge in [-0.15, -0.1) is 0 Å². The zero-order chi connectivity index (χ0) is 14.7. The molecule has 2 unspecified atom stereocenters. The Bertz CT molecular complexity index is 491. The average molecular weight is 291 g/mol. The van der Waals surface area contributed by atoms with E-state index in [4.69, 9.17) is 9.47 Å². The van der Waals surface area contributed by atoms with Crippen LogP contribution in [0.15, 0.2) is 18.2 Å². The molecule has 2 atom stereocenters. The normalized spacial score (nSPS) is 28.4. The molecular weight excluding hydrogens is 266 g/mol. The van der Waals surface area contributed by atoms with Gasteiger partial charge in [0.05, 0.1) is 6.61 Å². The number of rotatable bonds is 4. The number of fused-ring (bicyclic) bond motifs is 1. The second-order valence-electron chi connectivity index (χ2n) is 6.43. The minimum Gasteiger partial charge on any atom is -0.486 e. The summed E-state index contributed by atoms with van der Waals surface area (Å²) in [5, 5.41) is 13.5. The van der Waals surface area contributed by atoms with Crippen LogP contribution in [0.4, 0.5) is 0 Å². The number of hydrogen-bond donors (Lipinski definition) is 2. The SMILES string of the molecule is CC1CCCC(CO)(NCc2cccc3c2OCCO3)C1. The minimum atomic E-state index is -0.143. The van der Waals surface area contributed by atoms with Crippen LogP contribution >= 0.6 is 0 Å². The molecule has 4 heteroatoms. The Hall–Kier alpha value is -1.26. The van der Waals surface area contributed by atoms with Gasteiger partial charge in [0.15, 0.2) is 11.5 Å². The molecule has 3 rings (SSSR count). The molecule has 1 aliphatic carbocycles. The van der Waals surface area contributed by atoms with Crippen molar-refractivity contribution in [2.75, 3.05) is 19.8 Å². The van der Waals surface area contributed by atoms with E-state index in [1.165, 1.54) is 12.8 Å². The fourth-order valence-corrected chi connectivity index (χ4v) is 3.58. The van der Waals surface area contributed by atoms with Crippen molar-refractivity contribution < 1.29 is 14.6 Å². The van der Waals surface area contributed by atoms with Gasteiger partial charge < -0.3 is 19.9 Å². The predicted octanol–water partition coefficient (Wildman–Crippen LogP) is 2.49. The van der Waals surface area contributed by atoms with Crippen molar-refractivity contribution in [2.45, 2.75) is 44.7 Å². The third kappa shape index (κ3) is 3.16. The number of ether oxygens (including phenoxy) is 2. The van der Waals surface area contributed by atoms with Crippen LogP contribution in [0.3, 0.4) is 0 Å². The van der Waals surface area contributed by atoms with Crippen molar-refractivity contribution in [3.8, 4) is 11.5 Å². The van der Waals surface area contributed by atoms with Gasteiger partial charge in [-0.05, 0) is 24.8 Å². The van der Waals surface area contributed by atoms with Crippen LogP contribution in [0.25, 0.3) is 0 Å². The van der Waals surface area contributed by atoms with Crippen LogP contribution in [-0.2, 0) is 6.54 Å². The van der Waals surface area contributed by atoms with Crippen LogP contribution in [0.2, 0.25) is 0 Å². The number of hydrogen-bond acceptors (Lipinski definition) is 4. The number of aliphatic hydroxyl groups is 1. The summed E-state index contributed by atoms with van der Waals surface area (Å²) in [6.07, 6.45) is 4.53. The first-order chi connectivity index (χ1) is 10.2. The Kier molecular flexibility index (Phi) is 4.36. The molecule has 4 nitrogen and oxygen atoms in total. The quantitative estimate of drug-likeness (QED) is 0.895. The first-order valence-corrected chi connectivity index (χ1v) is 7.96. The lowest BCUT2D eigenvalue weighted by atomic mass is 9.76. The largest absolute Gasteiger partial charge is 0.486 e. The van der Waals surface area contributed by atoms with E-state index in [1.807, 2.05) is 12.1 Å². The Morgan fingerprint density at radius 1 is 1.33 bits per heavy atom. The van der Waals surface area contributed by atoms with Crippen molar-refractivity contribution in [3.05, 3.63) is 23.8 Å². The van der Waals surface area contributed by atoms with Crippen molar-refractivity contribution in [3.63, 3.8) is 0 Å². The van der Waals surface area contributed by atoms with Gasteiger partial charge >= 0.3 is 0 Å². The molecule has 2 N–H and O–H groups in total. The van der Waals surface area contributed by atoms with Gasteiger partial charge in [0.25, 0.3) is 0 Å². The van der Waals surface area contributed by atoms with E-state index in [2.05, 4.69) is 18.3 Å². The van der Waals surface area contributed by atoms with Gasteiger partial charge in [0.2, 0.25) is 0 Å². The fourth-order valence-electron chi connectivity index (χ4n) is 3.58. The van der Waals surface area contributed by atoms with E-state index in [0.29, 0.717) is 25.7 Å². The zero-order valence-electron chi connectivity index (χ0n) is 12.7. The number of aliphatic hydroxyl groups excluding tert-OH is 1. The number of para-hydroxylation sites is 1. The molecule has 1 heterocycles. The molecule has 2 aliphatic rings. The van der Waals surface area contributed by atoms with E-state index < -0.39 is 0 Å². The Balaban J connectivity index is 1.72. The van der Waals surface area contributed by atoms with E-state index in [-0.39, 0.29) is 12.1 Å². The molecule has 1 fully saturated rings. The summed E-state index contributed by atoms with van der Waals surface area (Å²) >= 11 is 0. The average Bonchev–Trinajstić information content (AvgIpc) is 2.53. The molecule has 0 amide bonds. The number of nitrogens with one attached hydrogen (secondary N) is 1. The zero-order valence-corrected chi connectivity index (χ0v) is 12.7. The molecule has 0 spiro atoms. The van der Waals surface area contributed by atoms with Crippen LogP contribution in [0.5, 0.6) is 11.5 Å². The lowest BCUT2D eigenvalue weighted by Gasteiger charge is -2.40. The maximum Gasteiger partial charge on any atom is 0.165 e. The smallest absolute Gasteiger partial charge is 0.165 e. The molecule has 0 radical (unpaired) electrons. The van der Waals surface area contributed by atoms with Crippen molar-refractivity contribution in [2.24, 2.45) is 5.92 Å². The Morgan fingerprint density at radius 2 is 2.19 bits per heavy atom. The van der Waals surface area contributed by atoms with Gasteiger partial charge in [-0.3, -0.25) is 0 Å². The third-order valence-electron chi connectivity index (χ3n) is 4.70. The lowest BCUT2D eigenvalue weighted by Crippen LogP contribution is -2.51. The Labute approximate surface area is 126 Å². The summed E-state index contributed by atoms with van der Waals surface area (Å²) in [6, 6.07) is 6.01. The van der Waals surface area contributed by atoms with Crippen molar-refractivity contribution in [1.82, 2.24) is 5.32 Å². The minimum absolute atomic E-state index is 0.143. The highest BCUT2D eigenvalue weighted by Crippen LogP contribution is 2.35. The van der Waals surface area contributed by atoms with E-state index in [0.717, 1.165) is 29.9 Å². The summed E-state index contributed by atoms with van der Waals surface area (Å²) in [6.45, 7) is 4.39. The van der Waals surface area contributed by atoms with E-state index in [9.17, 15) is 5.11 Å². The first kappa shape index (κ1) is 14.7. The van der Waals surface area contributed by atoms with E-state index >= 15 is 0 Å². The highest BCUT2D eigenvalue weighted by atomic mass is 16.6. The van der Waals surface area contributed by atoms with Crippen molar-refractivity contribution >= 4 is 0 Å². The highest BCUT2D eigenvalue weighted by Gasteiger charge is 2.34. The predicted molar refractivity (Wildman–Crippen MR) is 81.7 cm³/mol. The summed E-state index contributed by atoms with van der Waals surface area (Å²) in [7, 11) is 0. The summed E-state index contributed by atoms with van der Waals surface area (Å²) in [4.78, 5) is 0. The molecule has 0 saturated heterocycles. The first-order valence-electron chi connectivity index (χ1n) is 7.96. The highest BCUT2D eigenvalue weighted by molar-refractivity contribution is 5.47. The van der Waals surface area contributed by atoms with Gasteiger partial charge in [-0.1, -0.05) is 31.9 Å². The van der Waals surface area contributed by atoms with Crippen LogP contribution < -0.4 is 14.8 Å². The molecule has 1 aromatic carbocycles. The molecule has 1 saturated carbocycles. The maximum absolute atomic E-state index is 9.86. The monoisotopic (exact) mass is 291 g/mol. The third-order valence-corrected chi connectivity index (χ3v) is 4.70. The molecule has 1 aliphatic heterocycles. The van der Waals surface area contributed by atoms with Gasteiger partial charge in [0, 0.05) is 17.6 Å². The summed E-state index contributed by atoms with van der Waals surface area (Å²) in [5.41, 5.74) is 0.967. The van der Waals surface area contributed by atoms with Crippen LogP contribution in [-0.4, -0.2) is 30.5 Å². The molecule has 0 aromatic heterocycles. The fraction of sp³-hybridized carbons (Fsp3) is 0.647. The Morgan fingerprint density at radius 3 is 3.00 bits per heavy atom. The maximum atomic E-state index is 9.86. The lowest BCUT2D eigenvalue weighted by molar-refractivity contribution is 0.0974. The molecule has 21 heavy (non-hydrogen) atoms. The van der Waals surface area contributed by atoms with E-state index in [1.54, 1.807) is 0 Å². The number of benzene rings is 1. The second kappa shape index (κ2) is 6.24. The standard InChI is InChI=1S/C17H25NO3/c1-13-4-3-7-17(10-13,12-19)18-11-14-5-2-6-15-16(14)21-9-8-20-15/h2,5-6,13,18-19H,3-4,7-12H2,1H3. The molecule has 116 valence electrons. The van der Waals surface area contributed by atoms with Crippen LogP contribution in [0.1, 0.15) is 38.2 Å². The summed E-state index contributed by atoms with van der Waals surface area (Å²) in [5.74, 6) is 2.35.